The van der Waals surface area contributed by atoms with Crippen LogP contribution in [0.1, 0.15) is 29.8 Å². The zero-order chi connectivity index (χ0) is 15.3. The average Bonchev–Trinajstić information content (AvgIpc) is 2.34. The molecule has 8 heteroatoms. The zero-order valence-corrected chi connectivity index (χ0v) is 12.5. The molecule has 0 fully saturated rings. The Balaban J connectivity index is 0.00000400. The molecule has 1 rings (SSSR count). The maximum atomic E-state index is 12.9. The van der Waals surface area contributed by atoms with Crippen LogP contribution in [-0.2, 0) is 6.18 Å². The number of rotatable bonds is 5. The molecule has 0 unspecified atom stereocenters. The van der Waals surface area contributed by atoms with Gasteiger partial charge in [0.1, 0.15) is 12.4 Å². The van der Waals surface area contributed by atoms with Gasteiger partial charge in [0, 0.05) is 18.2 Å². The second kappa shape index (κ2) is 8.09. The van der Waals surface area contributed by atoms with Crippen molar-refractivity contribution in [2.24, 2.45) is 5.73 Å². The molecule has 0 radical (unpaired) electrons. The van der Waals surface area contributed by atoms with Crippen molar-refractivity contribution in [2.75, 3.05) is 13.2 Å². The highest BCUT2D eigenvalue weighted by Crippen LogP contribution is 2.36. The van der Waals surface area contributed by atoms with Gasteiger partial charge in [-0.05, 0) is 32.0 Å². The lowest BCUT2D eigenvalue weighted by molar-refractivity contribution is -0.138. The molecule has 0 aromatic heterocycles. The maximum absolute atomic E-state index is 12.9. The van der Waals surface area contributed by atoms with E-state index in [2.05, 4.69) is 5.32 Å². The SMILES string of the molecule is CC(C)NC(=O)c1ccc(OCCN)c(C(F)(F)F)c1.Cl. The van der Waals surface area contributed by atoms with E-state index >= 15 is 0 Å². The van der Waals surface area contributed by atoms with Crippen molar-refractivity contribution in [2.45, 2.75) is 26.1 Å². The minimum atomic E-state index is -4.60. The number of ether oxygens (including phenoxy) is 1. The van der Waals surface area contributed by atoms with Gasteiger partial charge >= 0.3 is 6.18 Å². The minimum Gasteiger partial charge on any atom is -0.492 e. The molecule has 0 bridgehead atoms. The van der Waals surface area contributed by atoms with Crippen LogP contribution < -0.4 is 15.8 Å². The van der Waals surface area contributed by atoms with E-state index in [0.29, 0.717) is 0 Å². The molecule has 0 aliphatic heterocycles. The van der Waals surface area contributed by atoms with Crippen molar-refractivity contribution < 1.29 is 22.7 Å². The van der Waals surface area contributed by atoms with Gasteiger partial charge in [-0.15, -0.1) is 12.4 Å². The van der Waals surface area contributed by atoms with E-state index in [9.17, 15) is 18.0 Å². The Morgan fingerprint density at radius 3 is 2.48 bits per heavy atom. The van der Waals surface area contributed by atoms with Crippen LogP contribution in [0, 0.1) is 0 Å². The first-order chi connectivity index (χ1) is 9.25. The van der Waals surface area contributed by atoms with Gasteiger partial charge in [0.2, 0.25) is 0 Å². The van der Waals surface area contributed by atoms with E-state index < -0.39 is 17.6 Å². The third-order valence-corrected chi connectivity index (χ3v) is 2.34. The van der Waals surface area contributed by atoms with Crippen LogP contribution in [0.15, 0.2) is 18.2 Å². The Hall–Kier alpha value is -1.47. The Kier molecular flexibility index (Phi) is 7.52. The second-order valence-corrected chi connectivity index (χ2v) is 4.47. The highest BCUT2D eigenvalue weighted by atomic mass is 35.5. The first-order valence-corrected chi connectivity index (χ1v) is 6.10. The van der Waals surface area contributed by atoms with Gasteiger partial charge in [0.05, 0.1) is 5.56 Å². The molecule has 3 N–H and O–H groups in total. The maximum Gasteiger partial charge on any atom is 0.419 e. The summed E-state index contributed by atoms with van der Waals surface area (Å²) in [5.41, 5.74) is 4.15. The lowest BCUT2D eigenvalue weighted by Crippen LogP contribution is -2.30. The largest absolute Gasteiger partial charge is 0.492 e. The number of hydrogen-bond acceptors (Lipinski definition) is 3. The summed E-state index contributed by atoms with van der Waals surface area (Å²) in [6.07, 6.45) is -4.60. The molecule has 0 spiro atoms. The van der Waals surface area contributed by atoms with Gasteiger partial charge in [0.25, 0.3) is 5.91 Å². The van der Waals surface area contributed by atoms with E-state index in [1.165, 1.54) is 6.07 Å². The molecule has 1 aromatic rings. The number of alkyl halides is 3. The van der Waals surface area contributed by atoms with Gasteiger partial charge in [-0.2, -0.15) is 13.2 Å². The van der Waals surface area contributed by atoms with Gasteiger partial charge in [0.15, 0.2) is 0 Å². The Morgan fingerprint density at radius 2 is 2.00 bits per heavy atom. The third-order valence-electron chi connectivity index (χ3n) is 2.34. The molecule has 1 amide bonds. The molecule has 4 nitrogen and oxygen atoms in total. The van der Waals surface area contributed by atoms with E-state index in [4.69, 9.17) is 10.5 Å². The van der Waals surface area contributed by atoms with Crippen LogP contribution in [0.25, 0.3) is 0 Å². The first-order valence-electron chi connectivity index (χ1n) is 6.10. The molecular formula is C13H18ClF3N2O2. The summed E-state index contributed by atoms with van der Waals surface area (Å²) in [6, 6.07) is 3.04. The fourth-order valence-corrected chi connectivity index (χ4v) is 1.53. The summed E-state index contributed by atoms with van der Waals surface area (Å²) in [6.45, 7) is 3.52. The van der Waals surface area contributed by atoms with Crippen molar-refractivity contribution in [1.82, 2.24) is 5.32 Å². The average molecular weight is 327 g/mol. The Bertz CT molecular complexity index is 479. The summed E-state index contributed by atoms with van der Waals surface area (Å²) in [5.74, 6) is -0.889. The molecule has 0 saturated heterocycles. The molecule has 0 atom stereocenters. The summed E-state index contributed by atoms with van der Waals surface area (Å²) in [4.78, 5) is 11.7. The van der Waals surface area contributed by atoms with Crippen LogP contribution in [-0.4, -0.2) is 25.1 Å². The Labute approximate surface area is 127 Å². The van der Waals surface area contributed by atoms with Crippen LogP contribution >= 0.6 is 12.4 Å². The molecule has 1 aromatic carbocycles. The van der Waals surface area contributed by atoms with Crippen molar-refractivity contribution >= 4 is 18.3 Å². The van der Waals surface area contributed by atoms with Crippen LogP contribution in [0.5, 0.6) is 5.75 Å². The molecule has 0 aliphatic rings. The second-order valence-electron chi connectivity index (χ2n) is 4.47. The highest BCUT2D eigenvalue weighted by molar-refractivity contribution is 5.94. The van der Waals surface area contributed by atoms with E-state index in [1.54, 1.807) is 13.8 Å². The molecule has 0 saturated carbocycles. The third kappa shape index (κ3) is 5.81. The number of hydrogen-bond donors (Lipinski definition) is 2. The zero-order valence-electron chi connectivity index (χ0n) is 11.7. The predicted molar refractivity (Wildman–Crippen MR) is 75.8 cm³/mol. The number of amides is 1. The summed E-state index contributed by atoms with van der Waals surface area (Å²) >= 11 is 0. The number of nitrogens with one attached hydrogen (secondary N) is 1. The van der Waals surface area contributed by atoms with Gasteiger partial charge in [-0.25, -0.2) is 0 Å². The molecule has 21 heavy (non-hydrogen) atoms. The standard InChI is InChI=1S/C13H17F3N2O2.ClH/c1-8(2)18-12(19)9-3-4-11(20-6-5-17)10(7-9)13(14,15)16;/h3-4,7-8H,5-6,17H2,1-2H3,(H,18,19);1H. The smallest absolute Gasteiger partial charge is 0.419 e. The van der Waals surface area contributed by atoms with Gasteiger partial charge in [-0.1, -0.05) is 0 Å². The lowest BCUT2D eigenvalue weighted by Gasteiger charge is -2.15. The van der Waals surface area contributed by atoms with E-state index in [1.807, 2.05) is 0 Å². The number of halogens is 4. The van der Waals surface area contributed by atoms with Crippen LogP contribution in [0.2, 0.25) is 0 Å². The van der Waals surface area contributed by atoms with Crippen molar-refractivity contribution in [3.8, 4) is 5.75 Å². The topological polar surface area (TPSA) is 64.3 Å². The molecule has 120 valence electrons. The highest BCUT2D eigenvalue weighted by Gasteiger charge is 2.35. The van der Waals surface area contributed by atoms with Crippen molar-refractivity contribution in [3.63, 3.8) is 0 Å². The monoisotopic (exact) mass is 326 g/mol. The van der Waals surface area contributed by atoms with Gasteiger partial charge < -0.3 is 15.8 Å². The van der Waals surface area contributed by atoms with Gasteiger partial charge in [-0.3, -0.25) is 4.79 Å². The van der Waals surface area contributed by atoms with Crippen molar-refractivity contribution in [3.05, 3.63) is 29.3 Å². The van der Waals surface area contributed by atoms with E-state index in [-0.39, 0.29) is 42.9 Å². The van der Waals surface area contributed by atoms with Crippen LogP contribution in [0.3, 0.4) is 0 Å². The minimum absolute atomic E-state index is 0. The normalized spacial score (nSPS) is 11.0. The predicted octanol–water partition coefficient (Wildman–Crippen LogP) is 2.60. The van der Waals surface area contributed by atoms with E-state index in [0.717, 1.165) is 12.1 Å². The Morgan fingerprint density at radius 1 is 1.38 bits per heavy atom. The number of nitrogens with two attached hydrogens (primary N) is 1. The van der Waals surface area contributed by atoms with Crippen molar-refractivity contribution in [1.29, 1.82) is 0 Å². The van der Waals surface area contributed by atoms with Crippen LogP contribution in [0.4, 0.5) is 13.2 Å². The summed E-state index contributed by atoms with van der Waals surface area (Å²) < 4.78 is 43.8. The fourth-order valence-electron chi connectivity index (χ4n) is 1.53. The lowest BCUT2D eigenvalue weighted by atomic mass is 10.1. The number of benzene rings is 1. The molecular weight excluding hydrogens is 309 g/mol. The number of carbonyl (C=O) groups is 1. The first kappa shape index (κ1) is 19.5. The fraction of sp³-hybridized carbons (Fsp3) is 0.462. The molecule has 0 aliphatic carbocycles. The summed E-state index contributed by atoms with van der Waals surface area (Å²) in [7, 11) is 0. The quantitative estimate of drug-likeness (QED) is 0.874. The summed E-state index contributed by atoms with van der Waals surface area (Å²) in [5, 5.41) is 2.53. The molecule has 0 heterocycles. The number of carbonyl (C=O) groups excluding carboxylic acids is 1.